The number of allylic oxidation sites excluding steroid dienone is 1. The smallest absolute Gasteiger partial charge is 0.00662 e. The van der Waals surface area contributed by atoms with Crippen LogP contribution in [0.1, 0.15) is 41.5 Å². The molecule has 0 N–H and O–H groups in total. The molecule has 6 aromatic rings. The van der Waals surface area contributed by atoms with Gasteiger partial charge in [0.15, 0.2) is 0 Å². The van der Waals surface area contributed by atoms with Crippen molar-refractivity contribution < 1.29 is 0 Å². The number of rotatable bonds is 7. The molecule has 0 bridgehead atoms. The fourth-order valence-corrected chi connectivity index (χ4v) is 12.2. The average molecular weight is 629 g/mol. The highest BCUT2D eigenvalue weighted by atomic mass is 31.1. The molecule has 0 saturated carbocycles. The number of benzene rings is 6. The molecule has 0 heterocycles. The van der Waals surface area contributed by atoms with Crippen LogP contribution in [0.4, 0.5) is 0 Å². The number of hydrogen-bond donors (Lipinski definition) is 0. The molecule has 2 aliphatic carbocycles. The molecule has 0 saturated heterocycles. The zero-order chi connectivity index (χ0) is 30.7. The first kappa shape index (κ1) is 29.3. The lowest BCUT2D eigenvalue weighted by Gasteiger charge is -2.30. The molecule has 46 heavy (non-hydrogen) atoms. The van der Waals surface area contributed by atoms with Gasteiger partial charge in [0.05, 0.1) is 0 Å². The third-order valence-corrected chi connectivity index (χ3v) is 14.4. The predicted molar refractivity (Wildman–Crippen MR) is 203 cm³/mol. The van der Waals surface area contributed by atoms with Crippen LogP contribution in [0.3, 0.4) is 0 Å². The van der Waals surface area contributed by atoms with Crippen LogP contribution in [-0.4, -0.2) is 0 Å². The molecule has 2 aliphatic rings. The summed E-state index contributed by atoms with van der Waals surface area (Å²) in [5, 5.41) is 8.59. The lowest BCUT2D eigenvalue weighted by Crippen LogP contribution is -2.27. The van der Waals surface area contributed by atoms with E-state index in [4.69, 9.17) is 0 Å². The Morgan fingerprint density at radius 3 is 1.28 bits per heavy atom. The van der Waals surface area contributed by atoms with Gasteiger partial charge in [0.25, 0.3) is 0 Å². The standard InChI is InChI=1S/C44H38P2/c1-5-21-37(22-6-1)45(38-23-7-2-8-24-38)43-31-35-19-15-13-17-33(35)29-41(43)42-30-34-18-14-16-20-36(34)32-44(42)46(39-25-9-3-10-26-39)40-27-11-4-12-28-40/h1-12,15,19,21-32H,13-14,16-18,20H2. The molecule has 0 fully saturated rings. The normalized spacial score (nSPS) is 13.9. The maximum atomic E-state index is 2.63. The Kier molecular flexibility index (Phi) is 8.51. The SMILES string of the molecule is C1=Cc2cc(P(c3ccccc3)c3ccccc3)c(-c3cc4c(cc3P(c3ccccc3)c3ccccc3)CCCC4)cc2CC1. The van der Waals surface area contributed by atoms with Gasteiger partial charge in [-0.3, -0.25) is 0 Å². The van der Waals surface area contributed by atoms with Gasteiger partial charge in [-0.05, 0) is 138 Å². The summed E-state index contributed by atoms with van der Waals surface area (Å²) < 4.78 is 0. The van der Waals surface area contributed by atoms with Crippen LogP contribution in [0, 0.1) is 0 Å². The first-order chi connectivity index (χ1) is 22.8. The quantitative estimate of drug-likeness (QED) is 0.155. The molecule has 0 aromatic heterocycles. The first-order valence-electron chi connectivity index (χ1n) is 16.6. The Balaban J connectivity index is 1.45. The van der Waals surface area contributed by atoms with Crippen molar-refractivity contribution in [2.75, 3.05) is 0 Å². The van der Waals surface area contributed by atoms with Crippen molar-refractivity contribution in [3.05, 3.63) is 174 Å². The summed E-state index contributed by atoms with van der Waals surface area (Å²) in [4.78, 5) is 0. The van der Waals surface area contributed by atoms with Crippen LogP contribution in [0.25, 0.3) is 17.2 Å². The average Bonchev–Trinajstić information content (AvgIpc) is 3.13. The second-order valence-electron chi connectivity index (χ2n) is 12.4. The summed E-state index contributed by atoms with van der Waals surface area (Å²) >= 11 is 0. The van der Waals surface area contributed by atoms with E-state index in [9.17, 15) is 0 Å². The summed E-state index contributed by atoms with van der Waals surface area (Å²) in [5.74, 6) is 0. The summed E-state index contributed by atoms with van der Waals surface area (Å²) in [6.45, 7) is 0. The van der Waals surface area contributed by atoms with Crippen LogP contribution < -0.4 is 31.8 Å². The minimum Gasteiger partial charge on any atom is -0.0836 e. The van der Waals surface area contributed by atoms with Crippen molar-refractivity contribution in [2.24, 2.45) is 0 Å². The van der Waals surface area contributed by atoms with E-state index in [-0.39, 0.29) is 0 Å². The summed E-state index contributed by atoms with van der Waals surface area (Å²) in [7, 11) is -1.55. The molecule has 0 spiro atoms. The molecular formula is C44H38P2. The predicted octanol–water partition coefficient (Wildman–Crippen LogP) is 8.71. The largest absolute Gasteiger partial charge is 0.0836 e. The van der Waals surface area contributed by atoms with E-state index in [0.717, 1.165) is 12.8 Å². The van der Waals surface area contributed by atoms with E-state index in [0.29, 0.717) is 0 Å². The van der Waals surface area contributed by atoms with Gasteiger partial charge >= 0.3 is 0 Å². The molecule has 0 unspecified atom stereocenters. The van der Waals surface area contributed by atoms with Gasteiger partial charge in [0.1, 0.15) is 0 Å². The number of hydrogen-bond acceptors (Lipinski definition) is 0. The molecule has 6 aromatic carbocycles. The van der Waals surface area contributed by atoms with Crippen molar-refractivity contribution in [3.63, 3.8) is 0 Å². The zero-order valence-corrected chi connectivity index (χ0v) is 27.9. The zero-order valence-electron chi connectivity index (χ0n) is 26.1. The molecule has 0 amide bonds. The second-order valence-corrected chi connectivity index (χ2v) is 16.7. The molecule has 0 aliphatic heterocycles. The first-order valence-corrected chi connectivity index (χ1v) is 19.3. The summed E-state index contributed by atoms with van der Waals surface area (Å²) in [6.07, 6.45) is 11.8. The third kappa shape index (κ3) is 5.82. The fourth-order valence-electron chi connectivity index (χ4n) is 7.21. The Morgan fingerprint density at radius 1 is 0.391 bits per heavy atom. The van der Waals surface area contributed by atoms with E-state index in [1.807, 2.05) is 0 Å². The fraction of sp³-hybridized carbons (Fsp3) is 0.136. The minimum absolute atomic E-state index is 0.764. The lowest BCUT2D eigenvalue weighted by atomic mass is 9.87. The van der Waals surface area contributed by atoms with Crippen molar-refractivity contribution in [1.82, 2.24) is 0 Å². The van der Waals surface area contributed by atoms with Crippen LogP contribution in [0.2, 0.25) is 0 Å². The van der Waals surface area contributed by atoms with E-state index in [1.165, 1.54) is 79.8 Å². The van der Waals surface area contributed by atoms with Crippen molar-refractivity contribution in [3.8, 4) is 11.1 Å². The Hall–Kier alpha value is -4.08. The Bertz CT molecular complexity index is 1900. The van der Waals surface area contributed by atoms with Crippen LogP contribution in [0.5, 0.6) is 0 Å². The van der Waals surface area contributed by atoms with Crippen LogP contribution in [0.15, 0.2) is 152 Å². The Morgan fingerprint density at radius 2 is 0.804 bits per heavy atom. The monoisotopic (exact) mass is 628 g/mol. The van der Waals surface area contributed by atoms with Crippen molar-refractivity contribution in [1.29, 1.82) is 0 Å². The van der Waals surface area contributed by atoms with Gasteiger partial charge in [-0.2, -0.15) is 0 Å². The van der Waals surface area contributed by atoms with Gasteiger partial charge in [-0.25, -0.2) is 0 Å². The highest BCUT2D eigenvalue weighted by Gasteiger charge is 2.28. The molecule has 8 rings (SSSR count). The summed E-state index contributed by atoms with van der Waals surface area (Å²) in [5.41, 5.74) is 8.83. The number of fused-ring (bicyclic) bond motifs is 2. The minimum atomic E-state index is -0.784. The highest BCUT2D eigenvalue weighted by molar-refractivity contribution is 7.80. The summed E-state index contributed by atoms with van der Waals surface area (Å²) in [6, 6.07) is 55.4. The second kappa shape index (κ2) is 13.3. The van der Waals surface area contributed by atoms with Gasteiger partial charge in [-0.15, -0.1) is 0 Å². The van der Waals surface area contributed by atoms with Gasteiger partial charge in [0.2, 0.25) is 0 Å². The van der Waals surface area contributed by atoms with E-state index in [2.05, 4.69) is 158 Å². The van der Waals surface area contributed by atoms with Gasteiger partial charge in [-0.1, -0.05) is 140 Å². The third-order valence-electron chi connectivity index (χ3n) is 9.42. The molecule has 0 nitrogen and oxygen atoms in total. The van der Waals surface area contributed by atoms with E-state index in [1.54, 1.807) is 11.1 Å². The van der Waals surface area contributed by atoms with E-state index < -0.39 is 15.8 Å². The Labute approximate surface area is 276 Å². The van der Waals surface area contributed by atoms with Crippen LogP contribution >= 0.6 is 15.8 Å². The maximum absolute atomic E-state index is 2.63. The molecule has 0 radical (unpaired) electrons. The molecule has 0 atom stereocenters. The molecule has 224 valence electrons. The lowest BCUT2D eigenvalue weighted by molar-refractivity contribution is 0.686. The van der Waals surface area contributed by atoms with Crippen molar-refractivity contribution >= 4 is 53.7 Å². The molecule has 2 heteroatoms. The topological polar surface area (TPSA) is 0 Å². The van der Waals surface area contributed by atoms with E-state index >= 15 is 0 Å². The van der Waals surface area contributed by atoms with Gasteiger partial charge in [0, 0.05) is 0 Å². The highest BCUT2D eigenvalue weighted by Crippen LogP contribution is 2.43. The van der Waals surface area contributed by atoms with Crippen LogP contribution in [-0.2, 0) is 19.3 Å². The van der Waals surface area contributed by atoms with Gasteiger partial charge < -0.3 is 0 Å². The molecular weight excluding hydrogens is 590 g/mol. The maximum Gasteiger partial charge on any atom is -0.00662 e. The number of aryl methyl sites for hydroxylation is 3. The van der Waals surface area contributed by atoms with Crippen molar-refractivity contribution in [2.45, 2.75) is 38.5 Å².